The van der Waals surface area contributed by atoms with Crippen LogP contribution in [0.25, 0.3) is 0 Å². The second kappa shape index (κ2) is 5.55. The van der Waals surface area contributed by atoms with E-state index >= 15 is 0 Å². The van der Waals surface area contributed by atoms with Gasteiger partial charge in [0.05, 0.1) is 11.9 Å². The van der Waals surface area contributed by atoms with Crippen molar-refractivity contribution in [2.24, 2.45) is 7.05 Å². The lowest BCUT2D eigenvalue weighted by Gasteiger charge is -2.17. The van der Waals surface area contributed by atoms with Crippen LogP contribution in [0.5, 0.6) is 0 Å². The van der Waals surface area contributed by atoms with Gasteiger partial charge in [0.25, 0.3) is 0 Å². The molecule has 0 N–H and O–H groups in total. The van der Waals surface area contributed by atoms with Gasteiger partial charge in [-0.3, -0.25) is 9.58 Å². The van der Waals surface area contributed by atoms with Crippen molar-refractivity contribution in [2.75, 3.05) is 7.05 Å². The molecule has 0 aliphatic rings. The molecule has 3 nitrogen and oxygen atoms in total. The number of aromatic nitrogens is 2. The highest BCUT2D eigenvalue weighted by Gasteiger charge is 2.08. The summed E-state index contributed by atoms with van der Waals surface area (Å²) in [4.78, 5) is 2.26. The summed E-state index contributed by atoms with van der Waals surface area (Å²) >= 11 is 5.99. The van der Waals surface area contributed by atoms with Gasteiger partial charge < -0.3 is 0 Å². The second-order valence-electron chi connectivity index (χ2n) is 4.70. The maximum atomic E-state index is 5.99. The Morgan fingerprint density at radius 1 is 1.33 bits per heavy atom. The zero-order valence-corrected chi connectivity index (χ0v) is 11.8. The highest BCUT2D eigenvalue weighted by atomic mass is 35.5. The number of halogens is 1. The molecule has 0 aliphatic heterocycles. The number of nitrogens with zero attached hydrogens (tertiary/aromatic N) is 3. The van der Waals surface area contributed by atoms with Gasteiger partial charge in [0.2, 0.25) is 0 Å². The van der Waals surface area contributed by atoms with E-state index < -0.39 is 0 Å². The first kappa shape index (κ1) is 13.1. The van der Waals surface area contributed by atoms with Crippen LogP contribution in [-0.4, -0.2) is 21.7 Å². The molecule has 1 heterocycles. The Balaban J connectivity index is 2.03. The smallest absolute Gasteiger partial charge is 0.0550 e. The molecule has 0 unspecified atom stereocenters. The normalized spacial score (nSPS) is 11.2. The largest absolute Gasteiger partial charge is 0.296 e. The Morgan fingerprint density at radius 2 is 2.11 bits per heavy atom. The summed E-state index contributed by atoms with van der Waals surface area (Å²) in [6, 6.07) is 7.99. The fraction of sp³-hybridized carbons (Fsp3) is 0.357. The van der Waals surface area contributed by atoms with Crippen LogP contribution in [-0.2, 0) is 20.1 Å². The van der Waals surface area contributed by atoms with Gasteiger partial charge in [0.15, 0.2) is 0 Å². The molecule has 18 heavy (non-hydrogen) atoms. The van der Waals surface area contributed by atoms with Crippen molar-refractivity contribution in [1.82, 2.24) is 14.7 Å². The van der Waals surface area contributed by atoms with E-state index in [0.717, 1.165) is 18.1 Å². The van der Waals surface area contributed by atoms with Crippen molar-refractivity contribution in [3.05, 3.63) is 52.3 Å². The molecular weight excluding hydrogens is 246 g/mol. The molecule has 0 atom stereocenters. The first-order chi connectivity index (χ1) is 8.56. The predicted molar refractivity (Wildman–Crippen MR) is 74.6 cm³/mol. The van der Waals surface area contributed by atoms with E-state index in [1.807, 2.05) is 36.1 Å². The molecule has 0 fully saturated rings. The zero-order chi connectivity index (χ0) is 13.1. The number of rotatable bonds is 4. The van der Waals surface area contributed by atoms with Crippen LogP contribution in [0.15, 0.2) is 30.5 Å². The molecule has 0 bridgehead atoms. The molecule has 2 aromatic rings. The number of hydrogen-bond acceptors (Lipinski definition) is 2. The van der Waals surface area contributed by atoms with Crippen LogP contribution < -0.4 is 0 Å². The minimum atomic E-state index is 0.789. The van der Waals surface area contributed by atoms with Crippen molar-refractivity contribution in [2.45, 2.75) is 20.0 Å². The van der Waals surface area contributed by atoms with E-state index in [1.54, 1.807) is 0 Å². The quantitative estimate of drug-likeness (QED) is 0.846. The van der Waals surface area contributed by atoms with Gasteiger partial charge in [0.1, 0.15) is 0 Å². The molecule has 4 heteroatoms. The van der Waals surface area contributed by atoms with Gasteiger partial charge >= 0.3 is 0 Å². The van der Waals surface area contributed by atoms with Crippen molar-refractivity contribution in [1.29, 1.82) is 0 Å². The molecule has 0 amide bonds. The first-order valence-corrected chi connectivity index (χ1v) is 6.34. The molecule has 0 aliphatic carbocycles. The number of aryl methyl sites for hydroxylation is 2. The van der Waals surface area contributed by atoms with Crippen LogP contribution in [0.3, 0.4) is 0 Å². The molecule has 0 saturated carbocycles. The molecular formula is C14H18ClN3. The monoisotopic (exact) mass is 263 g/mol. The van der Waals surface area contributed by atoms with E-state index in [9.17, 15) is 0 Å². The van der Waals surface area contributed by atoms with E-state index in [0.29, 0.717) is 0 Å². The van der Waals surface area contributed by atoms with Crippen LogP contribution >= 0.6 is 11.6 Å². The van der Waals surface area contributed by atoms with Gasteiger partial charge in [-0.2, -0.15) is 5.10 Å². The lowest BCUT2D eigenvalue weighted by Crippen LogP contribution is -2.19. The van der Waals surface area contributed by atoms with E-state index in [-0.39, 0.29) is 0 Å². The maximum absolute atomic E-state index is 5.99. The third-order valence-electron chi connectivity index (χ3n) is 3.03. The van der Waals surface area contributed by atoms with Gasteiger partial charge in [-0.15, -0.1) is 0 Å². The van der Waals surface area contributed by atoms with Crippen LogP contribution in [0, 0.1) is 6.92 Å². The van der Waals surface area contributed by atoms with Crippen LogP contribution in [0.2, 0.25) is 5.02 Å². The van der Waals surface area contributed by atoms with Crippen LogP contribution in [0.1, 0.15) is 16.8 Å². The fourth-order valence-electron chi connectivity index (χ4n) is 2.06. The molecule has 2 rings (SSSR count). The summed E-state index contributed by atoms with van der Waals surface area (Å²) in [6.45, 7) is 3.86. The summed E-state index contributed by atoms with van der Waals surface area (Å²) < 4.78 is 1.93. The Bertz CT molecular complexity index is 514. The van der Waals surface area contributed by atoms with Gasteiger partial charge in [-0.05, 0) is 37.2 Å². The first-order valence-electron chi connectivity index (χ1n) is 5.96. The third kappa shape index (κ3) is 3.12. The van der Waals surface area contributed by atoms with Crippen molar-refractivity contribution < 1.29 is 0 Å². The average Bonchev–Trinajstić information content (AvgIpc) is 2.61. The summed E-state index contributed by atoms with van der Waals surface area (Å²) in [6.07, 6.45) is 1.91. The molecule has 1 aromatic heterocycles. The van der Waals surface area contributed by atoms with Gasteiger partial charge in [-0.1, -0.05) is 23.7 Å². The standard InChI is InChI=1S/C14H18ClN3/c1-11-8-16-18(3)14(11)10-17(2)9-12-5-4-6-13(15)7-12/h4-8H,9-10H2,1-3H3. The lowest BCUT2D eigenvalue weighted by atomic mass is 10.2. The Morgan fingerprint density at radius 3 is 2.72 bits per heavy atom. The Labute approximate surface area is 113 Å². The topological polar surface area (TPSA) is 21.1 Å². The van der Waals surface area contributed by atoms with Crippen molar-refractivity contribution >= 4 is 11.6 Å². The SMILES string of the molecule is Cc1cnn(C)c1CN(C)Cc1cccc(Cl)c1. The highest BCUT2D eigenvalue weighted by Crippen LogP contribution is 2.14. The second-order valence-corrected chi connectivity index (χ2v) is 5.14. The average molecular weight is 264 g/mol. The number of benzene rings is 1. The summed E-state index contributed by atoms with van der Waals surface area (Å²) in [5, 5.41) is 5.05. The Kier molecular flexibility index (Phi) is 4.04. The maximum Gasteiger partial charge on any atom is 0.0550 e. The predicted octanol–water partition coefficient (Wildman–Crippen LogP) is 3.01. The van der Waals surface area contributed by atoms with E-state index in [4.69, 9.17) is 11.6 Å². The van der Waals surface area contributed by atoms with Crippen LogP contribution in [0.4, 0.5) is 0 Å². The molecule has 1 aromatic carbocycles. The molecule has 0 spiro atoms. The minimum Gasteiger partial charge on any atom is -0.296 e. The van der Waals surface area contributed by atoms with Gasteiger partial charge in [0, 0.05) is 25.2 Å². The molecule has 96 valence electrons. The lowest BCUT2D eigenvalue weighted by molar-refractivity contribution is 0.309. The highest BCUT2D eigenvalue weighted by molar-refractivity contribution is 6.30. The summed E-state index contributed by atoms with van der Waals surface area (Å²) in [7, 11) is 4.09. The molecule has 0 radical (unpaired) electrons. The third-order valence-corrected chi connectivity index (χ3v) is 3.27. The minimum absolute atomic E-state index is 0.789. The van der Waals surface area contributed by atoms with E-state index in [1.165, 1.54) is 16.8 Å². The zero-order valence-electron chi connectivity index (χ0n) is 11.0. The van der Waals surface area contributed by atoms with Crippen molar-refractivity contribution in [3.8, 4) is 0 Å². The number of hydrogen-bond donors (Lipinski definition) is 0. The van der Waals surface area contributed by atoms with Crippen molar-refractivity contribution in [3.63, 3.8) is 0 Å². The summed E-state index contributed by atoms with van der Waals surface area (Å²) in [5.41, 5.74) is 3.71. The van der Waals surface area contributed by atoms with E-state index in [2.05, 4.69) is 30.0 Å². The molecule has 0 saturated heterocycles. The van der Waals surface area contributed by atoms with Gasteiger partial charge in [-0.25, -0.2) is 0 Å². The fourth-order valence-corrected chi connectivity index (χ4v) is 2.27. The summed E-state index contributed by atoms with van der Waals surface area (Å²) in [5.74, 6) is 0. The Hall–Kier alpha value is -1.32.